The van der Waals surface area contributed by atoms with Crippen LogP contribution >= 0.6 is 0 Å². The van der Waals surface area contributed by atoms with Crippen LogP contribution in [0, 0.1) is 0 Å². The molecule has 0 rings (SSSR count). The van der Waals surface area contributed by atoms with E-state index in [0.29, 0.717) is 19.8 Å². The molecule has 0 aromatic rings. The van der Waals surface area contributed by atoms with Crippen LogP contribution in [0.2, 0.25) is 0 Å². The van der Waals surface area contributed by atoms with Gasteiger partial charge in [-0.1, -0.05) is 96.8 Å². The molecule has 0 amide bonds. The Hall–Kier alpha value is 0.347. The lowest BCUT2D eigenvalue weighted by Gasteiger charge is -2.41. The van der Waals surface area contributed by atoms with Gasteiger partial charge >= 0.3 is 8.97 Å². The quantitative estimate of drug-likeness (QED) is 0.141. The summed E-state index contributed by atoms with van der Waals surface area (Å²) >= 11 is 0. The number of hydrogen-bond donors (Lipinski definition) is 0. The van der Waals surface area contributed by atoms with E-state index in [-0.39, 0.29) is 12.4 Å². The molecule has 32 heavy (non-hydrogen) atoms. The molecule has 4 nitrogen and oxygen atoms in total. The summed E-state index contributed by atoms with van der Waals surface area (Å²) in [6.45, 7) is 11.4. The predicted molar refractivity (Wildman–Crippen MR) is 137 cm³/mol. The van der Waals surface area contributed by atoms with Gasteiger partial charge in [0.25, 0.3) is 0 Å². The monoisotopic (exact) mass is 495 g/mol. The van der Waals surface area contributed by atoms with Gasteiger partial charge in [-0.25, -0.2) is 0 Å². The van der Waals surface area contributed by atoms with Crippen molar-refractivity contribution in [3.05, 3.63) is 0 Å². The SMILES string of the molecule is CCCCCCCCCCCCCCCCCC[N+](C)(C)[Si](OCC)(OCC)OCC.[Cl-]. The van der Waals surface area contributed by atoms with Gasteiger partial charge in [0.05, 0.1) is 20.6 Å². The minimum Gasteiger partial charge on any atom is -1.00 e. The van der Waals surface area contributed by atoms with Crippen molar-refractivity contribution >= 4 is 8.97 Å². The molecule has 0 aliphatic heterocycles. The summed E-state index contributed by atoms with van der Waals surface area (Å²) in [5.74, 6) is 0. The van der Waals surface area contributed by atoms with Gasteiger partial charge < -0.3 is 29.8 Å². The lowest BCUT2D eigenvalue weighted by molar-refractivity contribution is -0.820. The fourth-order valence-electron chi connectivity index (χ4n) is 4.39. The average molecular weight is 496 g/mol. The minimum atomic E-state index is -2.69. The molecular formula is C26H58ClNO3Si. The highest BCUT2D eigenvalue weighted by atomic mass is 35.5. The van der Waals surface area contributed by atoms with E-state index >= 15 is 0 Å². The number of nitrogens with zero attached hydrogens (tertiary/aromatic N) is 1. The molecule has 0 N–H and O–H groups in total. The van der Waals surface area contributed by atoms with Crippen molar-refractivity contribution < 1.29 is 29.8 Å². The van der Waals surface area contributed by atoms with Gasteiger partial charge in [-0.05, 0) is 33.6 Å². The van der Waals surface area contributed by atoms with Crippen molar-refractivity contribution in [1.29, 1.82) is 0 Å². The van der Waals surface area contributed by atoms with Crippen LogP contribution in [-0.4, -0.2) is 53.6 Å². The van der Waals surface area contributed by atoms with Crippen LogP contribution < -0.4 is 12.4 Å². The normalized spacial score (nSPS) is 12.2. The molecule has 0 spiro atoms. The second-order valence-electron chi connectivity index (χ2n) is 9.53. The van der Waals surface area contributed by atoms with Crippen molar-refractivity contribution in [2.75, 3.05) is 40.5 Å². The van der Waals surface area contributed by atoms with E-state index < -0.39 is 8.97 Å². The molecule has 0 fully saturated rings. The predicted octanol–water partition coefficient (Wildman–Crippen LogP) is 4.87. The third kappa shape index (κ3) is 16.1. The molecule has 6 heteroatoms. The highest BCUT2D eigenvalue weighted by Gasteiger charge is 2.61. The van der Waals surface area contributed by atoms with E-state index in [9.17, 15) is 0 Å². The molecule has 0 saturated carbocycles. The van der Waals surface area contributed by atoms with Gasteiger partial charge in [-0.2, -0.15) is 0 Å². The zero-order valence-electron chi connectivity index (χ0n) is 22.7. The fourth-order valence-corrected chi connectivity index (χ4v) is 7.21. The summed E-state index contributed by atoms with van der Waals surface area (Å²) in [4.78, 5) is 0. The smallest absolute Gasteiger partial charge is 0.784 e. The van der Waals surface area contributed by atoms with Crippen molar-refractivity contribution in [2.24, 2.45) is 0 Å². The molecule has 0 heterocycles. The molecule has 0 saturated heterocycles. The van der Waals surface area contributed by atoms with Crippen LogP contribution in [0.4, 0.5) is 0 Å². The second-order valence-corrected chi connectivity index (χ2v) is 12.7. The number of rotatable bonds is 24. The van der Waals surface area contributed by atoms with Crippen LogP contribution in [0.1, 0.15) is 130 Å². The third-order valence-electron chi connectivity index (χ3n) is 6.29. The molecule has 0 aromatic heterocycles. The Labute approximate surface area is 209 Å². The Kier molecular flexibility index (Phi) is 24.9. The van der Waals surface area contributed by atoms with Crippen LogP contribution in [-0.2, 0) is 13.3 Å². The highest BCUT2D eigenvalue weighted by Crippen LogP contribution is 2.23. The van der Waals surface area contributed by atoms with E-state index in [4.69, 9.17) is 13.3 Å². The zero-order chi connectivity index (χ0) is 23.3. The van der Waals surface area contributed by atoms with Crippen molar-refractivity contribution in [3.63, 3.8) is 0 Å². The van der Waals surface area contributed by atoms with Gasteiger partial charge in [-0.3, -0.25) is 0 Å². The third-order valence-corrected chi connectivity index (χ3v) is 9.96. The van der Waals surface area contributed by atoms with Crippen LogP contribution in [0.25, 0.3) is 0 Å². The maximum atomic E-state index is 6.12. The Balaban J connectivity index is 0. The van der Waals surface area contributed by atoms with Gasteiger partial charge in [-0.15, -0.1) is 0 Å². The van der Waals surface area contributed by atoms with E-state index in [0.717, 1.165) is 10.7 Å². The molecular weight excluding hydrogens is 438 g/mol. The minimum absolute atomic E-state index is 0. The van der Waals surface area contributed by atoms with Crippen LogP contribution in [0.3, 0.4) is 0 Å². The standard InChI is InChI=1S/C26H58NO3Si.ClH/c1-7-11-12-13-14-15-16-17-18-19-20-21-22-23-24-25-26-27(5,6)31(28-8-2,29-9-3)30-10-4;/h7-26H2,1-6H3;1H/q+1;/p-1. The first kappa shape index (κ1) is 34.5. The molecule has 0 unspecified atom stereocenters. The fraction of sp³-hybridized carbons (Fsp3) is 1.00. The van der Waals surface area contributed by atoms with E-state index in [1.54, 1.807) is 0 Å². The largest absolute Gasteiger partial charge is 1.00 e. The number of unbranched alkanes of at least 4 members (excludes halogenated alkanes) is 15. The zero-order valence-corrected chi connectivity index (χ0v) is 24.4. The summed E-state index contributed by atoms with van der Waals surface area (Å²) < 4.78 is 19.1. The van der Waals surface area contributed by atoms with Gasteiger partial charge in [0.15, 0.2) is 0 Å². The molecule has 0 atom stereocenters. The number of hydrogen-bond acceptors (Lipinski definition) is 3. The van der Waals surface area contributed by atoms with E-state index in [1.807, 2.05) is 20.8 Å². The molecule has 0 radical (unpaired) electrons. The van der Waals surface area contributed by atoms with Crippen molar-refractivity contribution in [3.8, 4) is 0 Å². The topological polar surface area (TPSA) is 27.7 Å². The first-order valence-corrected chi connectivity index (χ1v) is 15.4. The van der Waals surface area contributed by atoms with Crippen LogP contribution in [0.15, 0.2) is 0 Å². The van der Waals surface area contributed by atoms with Crippen molar-refractivity contribution in [1.82, 2.24) is 0 Å². The Morgan fingerprint density at radius 2 is 0.750 bits per heavy atom. The average Bonchev–Trinajstić information content (AvgIpc) is 2.73. The maximum Gasteiger partial charge on any atom is 0.784 e. The summed E-state index contributed by atoms with van der Waals surface area (Å²) in [5.41, 5.74) is 0. The first-order valence-electron chi connectivity index (χ1n) is 13.7. The van der Waals surface area contributed by atoms with Gasteiger partial charge in [0.1, 0.15) is 0 Å². The molecule has 196 valence electrons. The van der Waals surface area contributed by atoms with Gasteiger partial charge in [0.2, 0.25) is 0 Å². The highest BCUT2D eigenvalue weighted by molar-refractivity contribution is 6.52. The van der Waals surface area contributed by atoms with Crippen molar-refractivity contribution in [2.45, 2.75) is 130 Å². The number of halogens is 1. The first-order chi connectivity index (χ1) is 15.0. The lowest BCUT2D eigenvalue weighted by atomic mass is 10.0. The van der Waals surface area contributed by atoms with E-state index in [2.05, 4.69) is 21.0 Å². The molecule has 0 aliphatic carbocycles. The summed E-state index contributed by atoms with van der Waals surface area (Å²) in [6.07, 6.45) is 22.5. The Morgan fingerprint density at radius 1 is 0.469 bits per heavy atom. The maximum absolute atomic E-state index is 6.12. The number of quaternary nitrogens is 1. The Bertz CT molecular complexity index is 369. The molecule has 0 aliphatic rings. The molecule has 0 bridgehead atoms. The summed E-state index contributed by atoms with van der Waals surface area (Å²) in [5, 5.41) is 0. The molecule has 0 aromatic carbocycles. The van der Waals surface area contributed by atoms with Gasteiger partial charge in [0, 0.05) is 19.8 Å². The van der Waals surface area contributed by atoms with E-state index in [1.165, 1.54) is 103 Å². The Morgan fingerprint density at radius 3 is 1.03 bits per heavy atom. The second kappa shape index (κ2) is 23.1. The summed E-state index contributed by atoms with van der Waals surface area (Å²) in [6, 6.07) is 0. The lowest BCUT2D eigenvalue weighted by Crippen LogP contribution is -3.00. The summed E-state index contributed by atoms with van der Waals surface area (Å²) in [7, 11) is 1.75. The van der Waals surface area contributed by atoms with Crippen LogP contribution in [0.5, 0.6) is 0 Å².